The first-order chi connectivity index (χ1) is 12.6. The van der Waals surface area contributed by atoms with Gasteiger partial charge in [0.1, 0.15) is 0 Å². The van der Waals surface area contributed by atoms with E-state index in [0.29, 0.717) is 16.3 Å². The van der Waals surface area contributed by atoms with Crippen molar-refractivity contribution in [1.82, 2.24) is 19.2 Å². The summed E-state index contributed by atoms with van der Waals surface area (Å²) in [6.45, 7) is 4.00. The van der Waals surface area contributed by atoms with E-state index >= 15 is 0 Å². The largest absolute Gasteiger partial charge is 0.268 e. The molecule has 0 fully saturated rings. The maximum Gasteiger partial charge on any atom is 0.267 e. The molecule has 0 aliphatic heterocycles. The Bertz CT molecular complexity index is 1250. The van der Waals surface area contributed by atoms with Crippen LogP contribution in [0.15, 0.2) is 52.4 Å². The number of hydrogen-bond donors (Lipinski definition) is 0. The quantitative estimate of drug-likeness (QED) is 0.524. The average molecular weight is 361 g/mol. The van der Waals surface area contributed by atoms with Crippen LogP contribution in [0.4, 0.5) is 0 Å². The van der Waals surface area contributed by atoms with Gasteiger partial charge >= 0.3 is 0 Å². The smallest absolute Gasteiger partial charge is 0.267 e. The van der Waals surface area contributed by atoms with Crippen molar-refractivity contribution >= 4 is 28.4 Å². The molecule has 0 N–H and O–H groups in total. The van der Waals surface area contributed by atoms with Crippen LogP contribution in [0.3, 0.4) is 0 Å². The Morgan fingerprint density at radius 3 is 2.73 bits per heavy atom. The minimum atomic E-state index is -0.133. The monoisotopic (exact) mass is 361 g/mol. The molecule has 2 heterocycles. The zero-order chi connectivity index (χ0) is 18.3. The fourth-order valence-electron chi connectivity index (χ4n) is 3.06. The molecule has 0 saturated heterocycles. The van der Waals surface area contributed by atoms with Crippen LogP contribution in [-0.2, 0) is 0 Å². The summed E-state index contributed by atoms with van der Waals surface area (Å²) in [5.74, 6) is 0.709. The number of benzene rings is 2. The van der Waals surface area contributed by atoms with Crippen LogP contribution >= 0.6 is 11.8 Å². The zero-order valence-corrected chi connectivity index (χ0v) is 15.1. The van der Waals surface area contributed by atoms with Crippen LogP contribution in [0.1, 0.15) is 11.1 Å². The number of thioether (sulfide) groups is 1. The van der Waals surface area contributed by atoms with Gasteiger partial charge in [0.25, 0.3) is 5.56 Å². The molecule has 2 aromatic heterocycles. The van der Waals surface area contributed by atoms with E-state index in [0.717, 1.165) is 22.3 Å². The number of nitriles is 1. The summed E-state index contributed by atoms with van der Waals surface area (Å²) in [4.78, 5) is 13.3. The van der Waals surface area contributed by atoms with Gasteiger partial charge in [0.05, 0.1) is 28.4 Å². The van der Waals surface area contributed by atoms with Gasteiger partial charge in [-0.2, -0.15) is 5.26 Å². The molecule has 6 nitrogen and oxygen atoms in total. The Kier molecular flexibility index (Phi) is 3.98. The van der Waals surface area contributed by atoms with Crippen LogP contribution in [0.25, 0.3) is 22.4 Å². The Morgan fingerprint density at radius 2 is 1.92 bits per heavy atom. The van der Waals surface area contributed by atoms with Crippen LogP contribution in [-0.4, -0.2) is 24.9 Å². The van der Waals surface area contributed by atoms with Crippen molar-refractivity contribution in [2.24, 2.45) is 0 Å². The third-order valence-electron chi connectivity index (χ3n) is 4.48. The Hall–Kier alpha value is -3.11. The van der Waals surface area contributed by atoms with Gasteiger partial charge in [-0.1, -0.05) is 36.0 Å². The summed E-state index contributed by atoms with van der Waals surface area (Å²) in [5.41, 5.74) is 3.50. The van der Waals surface area contributed by atoms with Crippen molar-refractivity contribution < 1.29 is 0 Å². The molecular formula is C19H15N5OS. The molecule has 0 aliphatic carbocycles. The maximum atomic E-state index is 13.3. The second-order valence-electron chi connectivity index (χ2n) is 5.94. The van der Waals surface area contributed by atoms with Gasteiger partial charge in [0.2, 0.25) is 5.78 Å². The summed E-state index contributed by atoms with van der Waals surface area (Å²) >= 11 is 1.30. The van der Waals surface area contributed by atoms with E-state index in [1.807, 2.05) is 54.6 Å². The highest BCUT2D eigenvalue weighted by Gasteiger charge is 2.18. The topological polar surface area (TPSA) is 76.0 Å². The van der Waals surface area contributed by atoms with E-state index in [1.165, 1.54) is 11.8 Å². The molecule has 0 radical (unpaired) electrons. The number of aromatic nitrogens is 4. The highest BCUT2D eigenvalue weighted by atomic mass is 32.2. The lowest BCUT2D eigenvalue weighted by Gasteiger charge is -2.14. The lowest BCUT2D eigenvalue weighted by molar-refractivity contribution is 0.929. The molecule has 0 aliphatic rings. The lowest BCUT2D eigenvalue weighted by Crippen LogP contribution is -2.22. The fourth-order valence-corrected chi connectivity index (χ4v) is 3.67. The van der Waals surface area contributed by atoms with Crippen molar-refractivity contribution in [1.29, 1.82) is 5.26 Å². The lowest BCUT2D eigenvalue weighted by atomic mass is 10.1. The number of nitrogens with zero attached hydrogens (tertiary/aromatic N) is 5. The summed E-state index contributed by atoms with van der Waals surface area (Å²) in [6.07, 6.45) is 0. The molecule has 0 unspecified atom stereocenters. The third-order valence-corrected chi connectivity index (χ3v) is 5.27. The minimum absolute atomic E-state index is 0.133. The van der Waals surface area contributed by atoms with E-state index in [1.54, 1.807) is 10.6 Å². The molecule has 0 bridgehead atoms. The molecule has 0 spiro atoms. The molecule has 4 rings (SSSR count). The van der Waals surface area contributed by atoms with Gasteiger partial charge in [0, 0.05) is 0 Å². The molecule has 0 saturated carbocycles. The predicted octanol–water partition coefficient (Wildman–Crippen LogP) is 3.27. The molecule has 0 atom stereocenters. The standard InChI is InChI=1S/C19H15N5OS/c1-12-6-5-9-15(13(12)2)23-17(25)14-7-3-4-8-16(14)24-18(23)21-22-19(24)26-11-10-20/h3-9H,11H2,1-2H3. The number of para-hydroxylation sites is 1. The summed E-state index contributed by atoms with van der Waals surface area (Å²) in [7, 11) is 0. The SMILES string of the molecule is Cc1cccc(-n2c(=O)c3ccccc3n3c(SCC#N)nnc23)c1C. The predicted molar refractivity (Wildman–Crippen MR) is 102 cm³/mol. The Morgan fingerprint density at radius 1 is 1.12 bits per heavy atom. The highest BCUT2D eigenvalue weighted by molar-refractivity contribution is 7.99. The van der Waals surface area contributed by atoms with Gasteiger partial charge in [-0.05, 0) is 43.2 Å². The maximum absolute atomic E-state index is 13.3. The van der Waals surface area contributed by atoms with E-state index in [2.05, 4.69) is 16.3 Å². The Balaban J connectivity index is 2.18. The van der Waals surface area contributed by atoms with E-state index in [4.69, 9.17) is 5.26 Å². The van der Waals surface area contributed by atoms with Crippen LogP contribution in [0.5, 0.6) is 0 Å². The highest BCUT2D eigenvalue weighted by Crippen LogP contribution is 2.24. The minimum Gasteiger partial charge on any atom is -0.268 e. The van der Waals surface area contributed by atoms with Crippen molar-refractivity contribution in [3.8, 4) is 11.8 Å². The van der Waals surface area contributed by atoms with Gasteiger partial charge in [-0.3, -0.25) is 9.20 Å². The van der Waals surface area contributed by atoms with Gasteiger partial charge in [-0.25, -0.2) is 4.57 Å². The van der Waals surface area contributed by atoms with Crippen molar-refractivity contribution in [3.63, 3.8) is 0 Å². The number of rotatable bonds is 3. The van der Waals surface area contributed by atoms with Crippen molar-refractivity contribution in [3.05, 3.63) is 63.9 Å². The molecule has 7 heteroatoms. The molecule has 26 heavy (non-hydrogen) atoms. The van der Waals surface area contributed by atoms with Crippen molar-refractivity contribution in [2.45, 2.75) is 19.0 Å². The Labute approximate surface area is 153 Å². The van der Waals surface area contributed by atoms with E-state index in [-0.39, 0.29) is 11.3 Å². The number of hydrogen-bond acceptors (Lipinski definition) is 5. The fraction of sp³-hybridized carbons (Fsp3) is 0.158. The first-order valence-electron chi connectivity index (χ1n) is 8.08. The molecule has 4 aromatic rings. The second kappa shape index (κ2) is 6.32. The van der Waals surface area contributed by atoms with Gasteiger partial charge < -0.3 is 0 Å². The van der Waals surface area contributed by atoms with Gasteiger partial charge in [0.15, 0.2) is 5.16 Å². The van der Waals surface area contributed by atoms with E-state index < -0.39 is 0 Å². The summed E-state index contributed by atoms with van der Waals surface area (Å²) < 4.78 is 3.45. The summed E-state index contributed by atoms with van der Waals surface area (Å²) in [6, 6.07) is 15.4. The number of aryl methyl sites for hydroxylation is 1. The molecule has 128 valence electrons. The van der Waals surface area contributed by atoms with Gasteiger partial charge in [-0.15, -0.1) is 10.2 Å². The first kappa shape index (κ1) is 16.4. The molecule has 2 aromatic carbocycles. The zero-order valence-electron chi connectivity index (χ0n) is 14.3. The van der Waals surface area contributed by atoms with Crippen LogP contribution in [0, 0.1) is 25.2 Å². The average Bonchev–Trinajstić information content (AvgIpc) is 3.07. The molecular weight excluding hydrogens is 346 g/mol. The number of fused-ring (bicyclic) bond motifs is 3. The van der Waals surface area contributed by atoms with Crippen molar-refractivity contribution in [2.75, 3.05) is 5.75 Å². The molecule has 0 amide bonds. The third kappa shape index (κ3) is 2.38. The van der Waals surface area contributed by atoms with Crippen LogP contribution < -0.4 is 5.56 Å². The van der Waals surface area contributed by atoms with Crippen LogP contribution in [0.2, 0.25) is 0 Å². The normalized spacial score (nSPS) is 11.1. The second-order valence-corrected chi connectivity index (χ2v) is 6.88. The summed E-state index contributed by atoms with van der Waals surface area (Å²) in [5, 5.41) is 18.6. The van der Waals surface area contributed by atoms with E-state index in [9.17, 15) is 4.79 Å². The first-order valence-corrected chi connectivity index (χ1v) is 9.07.